The molecule has 0 aliphatic carbocycles. The summed E-state index contributed by atoms with van der Waals surface area (Å²) in [5, 5.41) is 7.42. The van der Waals surface area contributed by atoms with Gasteiger partial charge < -0.3 is 14.7 Å². The Morgan fingerprint density at radius 3 is 2.72 bits per heavy atom. The van der Waals surface area contributed by atoms with E-state index in [9.17, 15) is 9.18 Å². The molecule has 2 fully saturated rings. The van der Waals surface area contributed by atoms with Crippen molar-refractivity contribution in [3.05, 3.63) is 77.7 Å². The van der Waals surface area contributed by atoms with Crippen LogP contribution in [0.3, 0.4) is 0 Å². The zero-order valence-electron chi connectivity index (χ0n) is 15.6. The number of nitrogens with zero attached hydrogens (tertiary/aromatic N) is 2. The fourth-order valence-electron chi connectivity index (χ4n) is 4.51. The van der Waals surface area contributed by atoms with Gasteiger partial charge in [-0.2, -0.15) is 0 Å². The van der Waals surface area contributed by atoms with Crippen molar-refractivity contribution in [2.24, 2.45) is 11.8 Å². The number of amides is 1. The minimum atomic E-state index is -0.285. The first-order valence-electron chi connectivity index (χ1n) is 9.50. The number of carbonyl (C=O) groups is 1. The van der Waals surface area contributed by atoms with Gasteiger partial charge in [0.1, 0.15) is 5.82 Å². The number of carbonyl (C=O) groups excluding carboxylic acids is 1. The summed E-state index contributed by atoms with van der Waals surface area (Å²) in [6.07, 6.45) is 0. The Hall–Kier alpha value is -2.70. The van der Waals surface area contributed by atoms with E-state index in [4.69, 9.17) is 4.52 Å². The number of hydrogen-bond donors (Lipinski definition) is 1. The molecule has 0 saturated carbocycles. The monoisotopic (exact) mass is 413 g/mol. The molecule has 1 N–H and O–H groups in total. The predicted molar refractivity (Wildman–Crippen MR) is 109 cm³/mol. The largest absolute Gasteiger partial charge is 0.355 e. The third kappa shape index (κ3) is 3.54. The summed E-state index contributed by atoms with van der Waals surface area (Å²) >= 11 is 0. The summed E-state index contributed by atoms with van der Waals surface area (Å²) in [5.41, 5.74) is 1.99. The van der Waals surface area contributed by atoms with Gasteiger partial charge in [-0.15, -0.1) is 12.4 Å². The van der Waals surface area contributed by atoms with Gasteiger partial charge in [-0.05, 0) is 23.6 Å². The number of benzene rings is 2. The lowest BCUT2D eigenvalue weighted by atomic mass is 9.89. The van der Waals surface area contributed by atoms with Crippen LogP contribution >= 0.6 is 12.4 Å². The SMILES string of the molecule is Cl.O=C(c1cc(-c2ccccc2)on1)N1C[C@@H]2CNC[C@@H]2[C@H]1c1cccc(F)c1. The van der Waals surface area contributed by atoms with E-state index in [1.54, 1.807) is 12.1 Å². The van der Waals surface area contributed by atoms with Crippen molar-refractivity contribution in [3.8, 4) is 11.3 Å². The predicted octanol–water partition coefficient (Wildman–Crippen LogP) is 3.94. The lowest BCUT2D eigenvalue weighted by Gasteiger charge is -2.27. The van der Waals surface area contributed by atoms with Crippen LogP contribution in [0.15, 0.2) is 65.2 Å². The highest BCUT2D eigenvalue weighted by atomic mass is 35.5. The Kier molecular flexibility index (Phi) is 5.39. The van der Waals surface area contributed by atoms with E-state index in [1.165, 1.54) is 12.1 Å². The highest BCUT2D eigenvalue weighted by molar-refractivity contribution is 5.93. The Bertz CT molecular complexity index is 1010. The van der Waals surface area contributed by atoms with Crippen LogP contribution in [0.25, 0.3) is 11.3 Å². The second-order valence-corrected chi connectivity index (χ2v) is 7.48. The number of rotatable bonds is 3. The molecule has 7 heteroatoms. The first-order valence-corrected chi connectivity index (χ1v) is 9.50. The molecule has 5 rings (SSSR count). The van der Waals surface area contributed by atoms with Crippen LogP contribution in [-0.2, 0) is 0 Å². The normalized spacial score (nSPS) is 22.9. The van der Waals surface area contributed by atoms with Crippen LogP contribution < -0.4 is 5.32 Å². The Labute approximate surface area is 174 Å². The van der Waals surface area contributed by atoms with E-state index < -0.39 is 0 Å². The second-order valence-electron chi connectivity index (χ2n) is 7.48. The van der Waals surface area contributed by atoms with Crippen LogP contribution in [0.2, 0.25) is 0 Å². The van der Waals surface area contributed by atoms with Gasteiger partial charge in [0.15, 0.2) is 11.5 Å². The topological polar surface area (TPSA) is 58.4 Å². The van der Waals surface area contributed by atoms with Gasteiger partial charge in [0.2, 0.25) is 0 Å². The highest BCUT2D eigenvalue weighted by Crippen LogP contribution is 2.43. The quantitative estimate of drug-likeness (QED) is 0.706. The number of fused-ring (bicyclic) bond motifs is 1. The Morgan fingerprint density at radius 2 is 1.93 bits per heavy atom. The van der Waals surface area contributed by atoms with Gasteiger partial charge in [-0.1, -0.05) is 47.6 Å². The zero-order chi connectivity index (χ0) is 19.1. The minimum absolute atomic E-state index is 0. The maximum atomic E-state index is 13.9. The van der Waals surface area contributed by atoms with Gasteiger partial charge in [-0.25, -0.2) is 4.39 Å². The fraction of sp³-hybridized carbons (Fsp3) is 0.273. The molecular formula is C22H21ClFN3O2. The van der Waals surface area contributed by atoms with Crippen molar-refractivity contribution in [1.82, 2.24) is 15.4 Å². The maximum absolute atomic E-state index is 13.9. The molecule has 2 aliphatic heterocycles. The van der Waals surface area contributed by atoms with Gasteiger partial charge in [-0.3, -0.25) is 4.79 Å². The van der Waals surface area contributed by atoms with Gasteiger partial charge in [0.05, 0.1) is 6.04 Å². The smallest absolute Gasteiger partial charge is 0.276 e. The number of halogens is 2. The molecule has 2 aromatic carbocycles. The van der Waals surface area contributed by atoms with Crippen LogP contribution in [-0.4, -0.2) is 35.6 Å². The summed E-state index contributed by atoms with van der Waals surface area (Å²) in [4.78, 5) is 15.1. The standard InChI is InChI=1S/C22H20FN3O2.ClH/c23-17-8-4-7-15(9-17)21-18-12-24-11-16(18)13-26(21)22(27)19-10-20(28-25-19)14-5-2-1-3-6-14;/h1-10,16,18,21,24H,11-13H2;1H/t16-,18-,21+;/m0./s1. The first kappa shape index (κ1) is 19.6. The van der Waals surface area contributed by atoms with Crippen LogP contribution in [0.1, 0.15) is 22.1 Å². The summed E-state index contributed by atoms with van der Waals surface area (Å²) in [7, 11) is 0. The van der Waals surface area contributed by atoms with Crippen molar-refractivity contribution in [2.45, 2.75) is 6.04 Å². The Balaban J connectivity index is 0.00000205. The lowest BCUT2D eigenvalue weighted by molar-refractivity contribution is 0.0703. The molecule has 2 saturated heterocycles. The minimum Gasteiger partial charge on any atom is -0.355 e. The molecule has 29 heavy (non-hydrogen) atoms. The summed E-state index contributed by atoms with van der Waals surface area (Å²) in [6.45, 7) is 2.32. The maximum Gasteiger partial charge on any atom is 0.276 e. The van der Waals surface area contributed by atoms with E-state index in [0.29, 0.717) is 18.2 Å². The molecule has 1 aromatic heterocycles. The van der Waals surface area contributed by atoms with Crippen LogP contribution in [0.4, 0.5) is 4.39 Å². The average molecular weight is 414 g/mol. The molecule has 0 unspecified atom stereocenters. The van der Waals surface area contributed by atoms with Crippen molar-refractivity contribution in [2.75, 3.05) is 19.6 Å². The fourth-order valence-corrected chi connectivity index (χ4v) is 4.51. The number of nitrogens with one attached hydrogen (secondary N) is 1. The molecule has 3 atom stereocenters. The highest BCUT2D eigenvalue weighted by Gasteiger charge is 2.47. The zero-order valence-corrected chi connectivity index (χ0v) is 16.4. The molecule has 0 radical (unpaired) electrons. The van der Waals surface area contributed by atoms with Gasteiger partial charge in [0, 0.05) is 37.2 Å². The van der Waals surface area contributed by atoms with Crippen LogP contribution in [0.5, 0.6) is 0 Å². The van der Waals surface area contributed by atoms with Crippen LogP contribution in [0, 0.1) is 17.7 Å². The van der Waals surface area contributed by atoms with Gasteiger partial charge in [0.25, 0.3) is 5.91 Å². The molecule has 3 aromatic rings. The van der Waals surface area contributed by atoms with Crippen molar-refractivity contribution in [1.29, 1.82) is 0 Å². The van der Waals surface area contributed by atoms with Crippen molar-refractivity contribution < 1.29 is 13.7 Å². The molecule has 2 aliphatic rings. The molecule has 150 valence electrons. The molecule has 3 heterocycles. The van der Waals surface area contributed by atoms with E-state index in [2.05, 4.69) is 10.5 Å². The third-order valence-corrected chi connectivity index (χ3v) is 5.80. The molecular weight excluding hydrogens is 393 g/mol. The number of hydrogen-bond acceptors (Lipinski definition) is 4. The molecule has 0 spiro atoms. The number of likely N-dealkylation sites (tertiary alicyclic amines) is 1. The molecule has 1 amide bonds. The molecule has 5 nitrogen and oxygen atoms in total. The Morgan fingerprint density at radius 1 is 1.10 bits per heavy atom. The molecule has 0 bridgehead atoms. The lowest BCUT2D eigenvalue weighted by Crippen LogP contribution is -2.34. The van der Waals surface area contributed by atoms with E-state index >= 15 is 0 Å². The first-order chi connectivity index (χ1) is 13.7. The summed E-state index contributed by atoms with van der Waals surface area (Å²) < 4.78 is 19.3. The second kappa shape index (κ2) is 7.97. The van der Waals surface area contributed by atoms with E-state index in [-0.39, 0.29) is 41.8 Å². The summed E-state index contributed by atoms with van der Waals surface area (Å²) in [5.74, 6) is 0.734. The average Bonchev–Trinajstić information content (AvgIpc) is 3.44. The summed E-state index contributed by atoms with van der Waals surface area (Å²) in [6, 6.07) is 17.6. The number of aromatic nitrogens is 1. The van der Waals surface area contributed by atoms with E-state index in [1.807, 2.05) is 41.3 Å². The van der Waals surface area contributed by atoms with Crippen molar-refractivity contribution in [3.63, 3.8) is 0 Å². The van der Waals surface area contributed by atoms with Crippen molar-refractivity contribution >= 4 is 18.3 Å². The van der Waals surface area contributed by atoms with E-state index in [0.717, 1.165) is 24.2 Å². The van der Waals surface area contributed by atoms with Gasteiger partial charge >= 0.3 is 0 Å². The third-order valence-electron chi connectivity index (χ3n) is 5.80.